The quantitative estimate of drug-likeness (QED) is 0.615. The molecule has 0 aliphatic rings. The minimum Gasteiger partial charge on any atom is -0.312 e. The van der Waals surface area contributed by atoms with Crippen LogP contribution in [0.1, 0.15) is 0 Å². The molecule has 1 aromatic carbocycles. The third-order valence-corrected chi connectivity index (χ3v) is 2.37. The second kappa shape index (κ2) is 5.28. The molecule has 0 aliphatic carbocycles. The van der Waals surface area contributed by atoms with Crippen molar-refractivity contribution in [2.75, 3.05) is 11.4 Å². The molecule has 0 fully saturated rings. The Balaban J connectivity index is 2.40. The zero-order valence-electron chi connectivity index (χ0n) is 8.92. The minimum atomic E-state index is 0.168. The summed E-state index contributed by atoms with van der Waals surface area (Å²) in [5, 5.41) is 9.03. The molecule has 0 atom stereocenters. The van der Waals surface area contributed by atoms with Gasteiger partial charge in [0.1, 0.15) is 12.4 Å². The summed E-state index contributed by atoms with van der Waals surface area (Å²) in [5.74, 6) is 0.609. The standard InChI is InChI=1S/C12H9ClN4/c13-12-15-8-6-11(16-12)17(9-7-14)10-4-2-1-3-5-10/h1-6,8H,9H2. The van der Waals surface area contributed by atoms with Crippen LogP contribution in [0.3, 0.4) is 0 Å². The average molecular weight is 245 g/mol. The Labute approximate surface area is 104 Å². The van der Waals surface area contributed by atoms with Crippen molar-refractivity contribution in [2.24, 2.45) is 0 Å². The molecular weight excluding hydrogens is 236 g/mol. The van der Waals surface area contributed by atoms with Crippen LogP contribution < -0.4 is 4.90 Å². The molecule has 2 aromatic rings. The number of para-hydroxylation sites is 1. The zero-order chi connectivity index (χ0) is 12.1. The Morgan fingerprint density at radius 2 is 2.00 bits per heavy atom. The van der Waals surface area contributed by atoms with Gasteiger partial charge in [-0.2, -0.15) is 5.26 Å². The van der Waals surface area contributed by atoms with Gasteiger partial charge in [0.15, 0.2) is 0 Å². The smallest absolute Gasteiger partial charge is 0.224 e. The molecule has 2 rings (SSSR count). The Morgan fingerprint density at radius 1 is 1.24 bits per heavy atom. The first-order valence-corrected chi connectivity index (χ1v) is 5.37. The van der Waals surface area contributed by atoms with Crippen molar-refractivity contribution >= 4 is 23.1 Å². The highest BCUT2D eigenvalue weighted by Crippen LogP contribution is 2.22. The molecule has 84 valence electrons. The second-order valence-corrected chi connectivity index (χ2v) is 3.60. The van der Waals surface area contributed by atoms with E-state index in [-0.39, 0.29) is 11.8 Å². The fourth-order valence-corrected chi connectivity index (χ4v) is 1.60. The van der Waals surface area contributed by atoms with Crippen LogP contribution in [0.5, 0.6) is 0 Å². The van der Waals surface area contributed by atoms with E-state index in [9.17, 15) is 0 Å². The van der Waals surface area contributed by atoms with Crippen molar-refractivity contribution < 1.29 is 0 Å². The summed E-state index contributed by atoms with van der Waals surface area (Å²) >= 11 is 5.74. The van der Waals surface area contributed by atoms with Crippen molar-refractivity contribution in [1.82, 2.24) is 9.97 Å². The normalized spacial score (nSPS) is 9.65. The highest BCUT2D eigenvalue weighted by Gasteiger charge is 2.10. The summed E-state index contributed by atoms with van der Waals surface area (Å²) in [6.45, 7) is 0.206. The number of benzene rings is 1. The number of hydrogen-bond acceptors (Lipinski definition) is 4. The maximum Gasteiger partial charge on any atom is 0.224 e. The molecule has 1 aromatic heterocycles. The predicted octanol–water partition coefficient (Wildman–Crippen LogP) is 2.79. The Morgan fingerprint density at radius 3 is 2.65 bits per heavy atom. The summed E-state index contributed by atoms with van der Waals surface area (Å²) in [5.41, 5.74) is 0.892. The summed E-state index contributed by atoms with van der Waals surface area (Å²) in [7, 11) is 0. The van der Waals surface area contributed by atoms with Crippen molar-refractivity contribution in [2.45, 2.75) is 0 Å². The van der Waals surface area contributed by atoms with E-state index < -0.39 is 0 Å². The molecule has 0 spiro atoms. The van der Waals surface area contributed by atoms with Gasteiger partial charge in [0.25, 0.3) is 0 Å². The van der Waals surface area contributed by atoms with Crippen LogP contribution in [0.2, 0.25) is 5.28 Å². The molecule has 0 amide bonds. The number of halogens is 1. The van der Waals surface area contributed by atoms with E-state index in [2.05, 4.69) is 16.0 Å². The van der Waals surface area contributed by atoms with Crippen LogP contribution in [0, 0.1) is 11.3 Å². The summed E-state index contributed by atoms with van der Waals surface area (Å²) in [6, 6.07) is 13.4. The SMILES string of the molecule is N#CCN(c1ccccc1)c1ccnc(Cl)n1. The van der Waals surface area contributed by atoms with Crippen LogP contribution in [-0.2, 0) is 0 Å². The van der Waals surface area contributed by atoms with E-state index in [0.717, 1.165) is 5.69 Å². The third kappa shape index (κ3) is 2.71. The Kier molecular flexibility index (Phi) is 3.53. The molecule has 0 aliphatic heterocycles. The van der Waals surface area contributed by atoms with E-state index in [1.807, 2.05) is 30.3 Å². The van der Waals surface area contributed by atoms with Gasteiger partial charge in [-0.15, -0.1) is 0 Å². The fraction of sp³-hybridized carbons (Fsp3) is 0.0833. The molecule has 0 saturated carbocycles. The number of anilines is 2. The topological polar surface area (TPSA) is 52.8 Å². The highest BCUT2D eigenvalue weighted by molar-refractivity contribution is 6.28. The lowest BCUT2D eigenvalue weighted by Crippen LogP contribution is -2.18. The lowest BCUT2D eigenvalue weighted by Gasteiger charge is -2.20. The van der Waals surface area contributed by atoms with Crippen LogP contribution in [0.15, 0.2) is 42.6 Å². The van der Waals surface area contributed by atoms with Gasteiger partial charge in [-0.1, -0.05) is 18.2 Å². The van der Waals surface area contributed by atoms with Gasteiger partial charge in [-0.25, -0.2) is 9.97 Å². The van der Waals surface area contributed by atoms with Crippen LogP contribution in [-0.4, -0.2) is 16.5 Å². The van der Waals surface area contributed by atoms with Gasteiger partial charge in [0.2, 0.25) is 5.28 Å². The molecule has 4 nitrogen and oxygen atoms in total. The summed E-state index contributed by atoms with van der Waals surface area (Å²) < 4.78 is 0. The van der Waals surface area contributed by atoms with Crippen molar-refractivity contribution in [3.63, 3.8) is 0 Å². The molecule has 0 saturated heterocycles. The molecule has 1 heterocycles. The number of rotatable bonds is 3. The third-order valence-electron chi connectivity index (χ3n) is 2.18. The van der Waals surface area contributed by atoms with Gasteiger partial charge in [-0.3, -0.25) is 0 Å². The summed E-state index contributed by atoms with van der Waals surface area (Å²) in [6.07, 6.45) is 1.57. The first-order chi connectivity index (χ1) is 8.31. The van der Waals surface area contributed by atoms with Gasteiger partial charge in [0.05, 0.1) is 6.07 Å². The summed E-state index contributed by atoms with van der Waals surface area (Å²) in [4.78, 5) is 9.69. The van der Waals surface area contributed by atoms with Crippen LogP contribution >= 0.6 is 11.6 Å². The molecule has 5 heteroatoms. The van der Waals surface area contributed by atoms with Crippen molar-refractivity contribution in [1.29, 1.82) is 5.26 Å². The largest absolute Gasteiger partial charge is 0.312 e. The fourth-order valence-electron chi connectivity index (χ4n) is 1.46. The minimum absolute atomic E-state index is 0.168. The first-order valence-electron chi connectivity index (χ1n) is 4.99. The van der Waals surface area contributed by atoms with Gasteiger partial charge in [0, 0.05) is 11.9 Å². The Hall–Kier alpha value is -2.12. The Bertz CT molecular complexity index is 536. The molecule has 0 radical (unpaired) electrons. The number of nitrogens with zero attached hydrogens (tertiary/aromatic N) is 4. The van der Waals surface area contributed by atoms with E-state index in [4.69, 9.17) is 16.9 Å². The molecular formula is C12H9ClN4. The maximum atomic E-state index is 8.86. The lowest BCUT2D eigenvalue weighted by molar-refractivity contribution is 1.03. The average Bonchev–Trinajstić information content (AvgIpc) is 2.37. The molecule has 0 bridgehead atoms. The first kappa shape index (κ1) is 11.4. The molecule has 0 unspecified atom stereocenters. The highest BCUT2D eigenvalue weighted by atomic mass is 35.5. The predicted molar refractivity (Wildman–Crippen MR) is 66.1 cm³/mol. The van der Waals surface area contributed by atoms with Crippen LogP contribution in [0.25, 0.3) is 0 Å². The van der Waals surface area contributed by atoms with Crippen molar-refractivity contribution in [3.8, 4) is 6.07 Å². The number of nitriles is 1. The molecule has 0 N–H and O–H groups in total. The number of hydrogen-bond donors (Lipinski definition) is 0. The van der Waals surface area contributed by atoms with E-state index in [1.54, 1.807) is 17.2 Å². The van der Waals surface area contributed by atoms with Crippen molar-refractivity contribution in [3.05, 3.63) is 47.9 Å². The number of aromatic nitrogens is 2. The second-order valence-electron chi connectivity index (χ2n) is 3.26. The zero-order valence-corrected chi connectivity index (χ0v) is 9.67. The van der Waals surface area contributed by atoms with Gasteiger partial charge in [-0.05, 0) is 29.8 Å². The monoisotopic (exact) mass is 244 g/mol. The van der Waals surface area contributed by atoms with E-state index in [0.29, 0.717) is 5.82 Å². The lowest BCUT2D eigenvalue weighted by atomic mass is 10.3. The van der Waals surface area contributed by atoms with E-state index in [1.165, 1.54) is 0 Å². The van der Waals surface area contributed by atoms with Gasteiger partial charge >= 0.3 is 0 Å². The van der Waals surface area contributed by atoms with Gasteiger partial charge < -0.3 is 4.90 Å². The molecule has 17 heavy (non-hydrogen) atoms. The van der Waals surface area contributed by atoms with Crippen LogP contribution in [0.4, 0.5) is 11.5 Å². The maximum absolute atomic E-state index is 8.86. The van der Waals surface area contributed by atoms with E-state index >= 15 is 0 Å².